The molecule has 0 saturated heterocycles. The molecule has 2 rings (SSSR count). The van der Waals surface area contributed by atoms with Crippen LogP contribution >= 0.6 is 11.6 Å². The van der Waals surface area contributed by atoms with E-state index in [4.69, 9.17) is 26.2 Å². The van der Waals surface area contributed by atoms with Gasteiger partial charge in [-0.3, -0.25) is 14.4 Å². The summed E-state index contributed by atoms with van der Waals surface area (Å²) in [6, 6.07) is 12.4. The fourth-order valence-corrected chi connectivity index (χ4v) is 3.50. The zero-order valence-corrected chi connectivity index (χ0v) is 20.3. The number of carbonyl (C=O) groups is 3. The first-order chi connectivity index (χ1) is 16.3. The molecule has 2 N–H and O–H groups in total. The Kier molecular flexibility index (Phi) is 11.2. The largest absolute Gasteiger partial charge is 0.493 e. The second kappa shape index (κ2) is 14.1. The highest BCUT2D eigenvalue weighted by Gasteiger charge is 2.17. The Morgan fingerprint density at radius 1 is 0.941 bits per heavy atom. The van der Waals surface area contributed by atoms with Crippen molar-refractivity contribution in [1.29, 1.82) is 0 Å². The van der Waals surface area contributed by atoms with Gasteiger partial charge in [0.05, 0.1) is 14.2 Å². The first kappa shape index (κ1) is 27.0. The summed E-state index contributed by atoms with van der Waals surface area (Å²) < 4.78 is 10.6. The third-order valence-electron chi connectivity index (χ3n) is 5.22. The zero-order valence-electron chi connectivity index (χ0n) is 19.5. The molecule has 9 heteroatoms. The van der Waals surface area contributed by atoms with Gasteiger partial charge in [-0.15, -0.1) is 0 Å². The van der Waals surface area contributed by atoms with Gasteiger partial charge in [-0.25, -0.2) is 0 Å². The number of hydrogen-bond donors (Lipinski definition) is 2. The van der Waals surface area contributed by atoms with Crippen molar-refractivity contribution >= 4 is 29.4 Å². The van der Waals surface area contributed by atoms with Gasteiger partial charge in [0.2, 0.25) is 5.91 Å². The lowest BCUT2D eigenvalue weighted by molar-refractivity contribution is -0.137. The summed E-state index contributed by atoms with van der Waals surface area (Å²) in [6.45, 7) is 1.17. The number of halogens is 1. The van der Waals surface area contributed by atoms with E-state index in [0.717, 1.165) is 5.56 Å². The summed E-state index contributed by atoms with van der Waals surface area (Å²) in [4.78, 5) is 37.5. The maximum Gasteiger partial charge on any atom is 0.303 e. The summed E-state index contributed by atoms with van der Waals surface area (Å²) in [5, 5.41) is 11.9. The van der Waals surface area contributed by atoms with Crippen LogP contribution < -0.4 is 14.8 Å². The third kappa shape index (κ3) is 8.94. The van der Waals surface area contributed by atoms with E-state index in [1.807, 2.05) is 18.2 Å². The number of benzene rings is 2. The minimum Gasteiger partial charge on any atom is -0.493 e. The predicted octanol–water partition coefficient (Wildman–Crippen LogP) is 3.80. The molecule has 0 aromatic heterocycles. The van der Waals surface area contributed by atoms with E-state index in [0.29, 0.717) is 61.0 Å². The number of nitrogens with one attached hydrogen (secondary N) is 1. The lowest BCUT2D eigenvalue weighted by Crippen LogP contribution is -2.34. The summed E-state index contributed by atoms with van der Waals surface area (Å²) in [7, 11) is 3.15. The molecular formula is C25H31ClN2O6. The van der Waals surface area contributed by atoms with E-state index in [2.05, 4.69) is 5.32 Å². The Morgan fingerprint density at radius 3 is 2.29 bits per heavy atom. The van der Waals surface area contributed by atoms with Crippen molar-refractivity contribution in [1.82, 2.24) is 10.2 Å². The minimum atomic E-state index is -0.889. The molecule has 0 heterocycles. The molecule has 0 atom stereocenters. The number of carboxylic acid groups (broad SMARTS) is 1. The Morgan fingerprint density at radius 2 is 1.65 bits per heavy atom. The smallest absolute Gasteiger partial charge is 0.303 e. The summed E-state index contributed by atoms with van der Waals surface area (Å²) in [5.74, 6) is 0.0631. The molecule has 8 nitrogen and oxygen atoms in total. The number of aliphatic carboxylic acids is 1. The number of carboxylic acids is 1. The van der Waals surface area contributed by atoms with E-state index in [1.54, 1.807) is 43.4 Å². The number of hydrogen-bond acceptors (Lipinski definition) is 5. The van der Waals surface area contributed by atoms with E-state index < -0.39 is 5.97 Å². The van der Waals surface area contributed by atoms with Crippen LogP contribution in [0.3, 0.4) is 0 Å². The number of nitrogens with zero attached hydrogens (tertiary/aromatic N) is 1. The molecule has 2 aromatic carbocycles. The minimum absolute atomic E-state index is 0.0137. The van der Waals surface area contributed by atoms with Gasteiger partial charge in [0.1, 0.15) is 0 Å². The van der Waals surface area contributed by atoms with Crippen LogP contribution in [-0.4, -0.2) is 61.6 Å². The Labute approximate surface area is 204 Å². The quantitative estimate of drug-likeness (QED) is 0.390. The van der Waals surface area contributed by atoms with Gasteiger partial charge in [0.15, 0.2) is 11.5 Å². The first-order valence-corrected chi connectivity index (χ1v) is 11.5. The topological polar surface area (TPSA) is 105 Å². The molecule has 34 heavy (non-hydrogen) atoms. The SMILES string of the molecule is COc1ccc(CCN(CCCC(=O)NCCCC(=O)O)C(=O)c2ccc(Cl)cc2)cc1OC. The van der Waals surface area contributed by atoms with Gasteiger partial charge in [-0.1, -0.05) is 17.7 Å². The molecule has 2 amide bonds. The molecule has 0 spiro atoms. The van der Waals surface area contributed by atoms with Crippen LogP contribution in [0.4, 0.5) is 0 Å². The number of ether oxygens (including phenoxy) is 2. The summed E-state index contributed by atoms with van der Waals surface area (Å²) in [5.41, 5.74) is 1.51. The molecule has 0 unspecified atom stereocenters. The number of methoxy groups -OCH3 is 2. The Hall–Kier alpha value is -3.26. The Balaban J connectivity index is 1.99. The monoisotopic (exact) mass is 490 g/mol. The maximum absolute atomic E-state index is 13.1. The molecular weight excluding hydrogens is 460 g/mol. The van der Waals surface area contributed by atoms with Crippen molar-refractivity contribution in [3.8, 4) is 11.5 Å². The van der Waals surface area contributed by atoms with E-state index in [1.165, 1.54) is 0 Å². The normalized spacial score (nSPS) is 10.4. The van der Waals surface area contributed by atoms with Crippen molar-refractivity contribution in [2.75, 3.05) is 33.9 Å². The number of carbonyl (C=O) groups excluding carboxylic acids is 2. The van der Waals surface area contributed by atoms with Crippen molar-refractivity contribution < 1.29 is 29.0 Å². The van der Waals surface area contributed by atoms with E-state index >= 15 is 0 Å². The number of rotatable bonds is 14. The van der Waals surface area contributed by atoms with Crippen LogP contribution in [0.2, 0.25) is 5.02 Å². The van der Waals surface area contributed by atoms with Crippen LogP contribution in [0.25, 0.3) is 0 Å². The van der Waals surface area contributed by atoms with Crippen molar-refractivity contribution in [3.63, 3.8) is 0 Å². The Bertz CT molecular complexity index is 964. The maximum atomic E-state index is 13.1. The highest BCUT2D eigenvalue weighted by atomic mass is 35.5. The van der Waals surface area contributed by atoms with Gasteiger partial charge in [-0.2, -0.15) is 0 Å². The van der Waals surface area contributed by atoms with E-state index in [9.17, 15) is 14.4 Å². The van der Waals surface area contributed by atoms with Crippen LogP contribution in [0.1, 0.15) is 41.6 Å². The first-order valence-electron chi connectivity index (χ1n) is 11.1. The van der Waals surface area contributed by atoms with Crippen LogP contribution in [0.15, 0.2) is 42.5 Å². The molecule has 0 aliphatic rings. The van der Waals surface area contributed by atoms with Crippen molar-refractivity contribution in [3.05, 3.63) is 58.6 Å². The highest BCUT2D eigenvalue weighted by molar-refractivity contribution is 6.30. The predicted molar refractivity (Wildman–Crippen MR) is 130 cm³/mol. The standard InChI is InChI=1S/C25H31ClN2O6/c1-33-21-12-7-18(17-22(21)34-2)13-16-28(25(32)19-8-10-20(26)11-9-19)15-4-5-23(29)27-14-3-6-24(30)31/h7-12,17H,3-6,13-16H2,1-2H3,(H,27,29)(H,30,31). The third-order valence-corrected chi connectivity index (χ3v) is 5.47. The lowest BCUT2D eigenvalue weighted by Gasteiger charge is -2.23. The van der Waals surface area contributed by atoms with Crippen LogP contribution in [-0.2, 0) is 16.0 Å². The molecule has 0 radical (unpaired) electrons. The van der Waals surface area contributed by atoms with Gasteiger partial charge >= 0.3 is 5.97 Å². The van der Waals surface area contributed by atoms with Crippen molar-refractivity contribution in [2.24, 2.45) is 0 Å². The summed E-state index contributed by atoms with van der Waals surface area (Å²) in [6.07, 6.45) is 1.72. The second-order valence-electron chi connectivity index (χ2n) is 7.69. The average molecular weight is 491 g/mol. The van der Waals surface area contributed by atoms with Gasteiger partial charge in [0.25, 0.3) is 5.91 Å². The number of amides is 2. The highest BCUT2D eigenvalue weighted by Crippen LogP contribution is 2.27. The fraction of sp³-hybridized carbons (Fsp3) is 0.400. The molecule has 0 saturated carbocycles. The molecule has 0 bridgehead atoms. The molecule has 184 valence electrons. The van der Waals surface area contributed by atoms with Crippen LogP contribution in [0.5, 0.6) is 11.5 Å². The second-order valence-corrected chi connectivity index (χ2v) is 8.13. The van der Waals surface area contributed by atoms with Gasteiger partial charge in [0, 0.05) is 43.1 Å². The summed E-state index contributed by atoms with van der Waals surface area (Å²) >= 11 is 5.95. The van der Waals surface area contributed by atoms with Crippen molar-refractivity contribution in [2.45, 2.75) is 32.1 Å². The molecule has 0 fully saturated rings. The average Bonchev–Trinajstić information content (AvgIpc) is 2.83. The lowest BCUT2D eigenvalue weighted by atomic mass is 10.1. The molecule has 2 aromatic rings. The van der Waals surface area contributed by atoms with Crippen LogP contribution in [0, 0.1) is 0 Å². The molecule has 0 aliphatic carbocycles. The fourth-order valence-electron chi connectivity index (χ4n) is 3.38. The van der Waals surface area contributed by atoms with E-state index in [-0.39, 0.29) is 24.7 Å². The zero-order chi connectivity index (χ0) is 24.9. The van der Waals surface area contributed by atoms with Gasteiger partial charge < -0.3 is 24.8 Å². The molecule has 0 aliphatic heterocycles. The van der Waals surface area contributed by atoms with Gasteiger partial charge in [-0.05, 0) is 61.2 Å².